The van der Waals surface area contributed by atoms with Crippen LogP contribution >= 0.6 is 0 Å². The van der Waals surface area contributed by atoms with Gasteiger partial charge in [-0.25, -0.2) is 19.3 Å². The lowest BCUT2D eigenvalue weighted by atomic mass is 9.72. The monoisotopic (exact) mass is 327 g/mol. The van der Waals surface area contributed by atoms with E-state index >= 15 is 0 Å². The Morgan fingerprint density at radius 1 is 1.25 bits per heavy atom. The van der Waals surface area contributed by atoms with Crippen molar-refractivity contribution < 1.29 is 9.13 Å². The highest BCUT2D eigenvalue weighted by Crippen LogP contribution is 2.48. The van der Waals surface area contributed by atoms with E-state index in [0.717, 1.165) is 5.56 Å². The second-order valence-electron chi connectivity index (χ2n) is 6.27. The lowest BCUT2D eigenvalue weighted by molar-refractivity contribution is -0.0502. The van der Waals surface area contributed by atoms with Gasteiger partial charge in [0.25, 0.3) is 0 Å². The van der Waals surface area contributed by atoms with Gasteiger partial charge in [-0.2, -0.15) is 0 Å². The lowest BCUT2D eigenvalue weighted by Crippen LogP contribution is -2.41. The summed E-state index contributed by atoms with van der Waals surface area (Å²) in [5.74, 6) is 0.519. The number of H-pyrrole nitrogens is 1. The molecule has 2 heterocycles. The van der Waals surface area contributed by atoms with Gasteiger partial charge >= 0.3 is 0 Å². The Morgan fingerprint density at radius 2 is 2.04 bits per heavy atom. The quantitative estimate of drug-likeness (QED) is 0.752. The zero-order chi connectivity index (χ0) is 16.6. The van der Waals surface area contributed by atoms with E-state index in [-0.39, 0.29) is 17.6 Å². The second-order valence-corrected chi connectivity index (χ2v) is 6.27. The average Bonchev–Trinajstić information content (AvgIpc) is 3.03. The van der Waals surface area contributed by atoms with Gasteiger partial charge in [-0.1, -0.05) is 30.3 Å². The fraction of sp³-hybridized carbons (Fsp3) is 0.353. The van der Waals surface area contributed by atoms with Crippen LogP contribution in [0.15, 0.2) is 36.7 Å². The molecule has 6 nitrogen and oxygen atoms in total. The molecule has 24 heavy (non-hydrogen) atoms. The highest BCUT2D eigenvalue weighted by molar-refractivity contribution is 5.80. The molecule has 7 heteroatoms. The summed E-state index contributed by atoms with van der Waals surface area (Å²) in [4.78, 5) is 15.2. The summed E-state index contributed by atoms with van der Waals surface area (Å²) < 4.78 is 20.7. The maximum atomic E-state index is 15.0. The molecule has 1 fully saturated rings. The number of hydrogen-bond donors (Lipinski definition) is 2. The number of nitrogens with two attached hydrogens (primary N) is 1. The molecule has 3 aromatic rings. The minimum Gasteiger partial charge on any atom is -0.382 e. The third-order valence-corrected chi connectivity index (χ3v) is 4.40. The summed E-state index contributed by atoms with van der Waals surface area (Å²) >= 11 is 0. The van der Waals surface area contributed by atoms with Crippen molar-refractivity contribution in [1.29, 1.82) is 0 Å². The molecule has 4 rings (SSSR count). The maximum absolute atomic E-state index is 15.0. The molecule has 1 aliphatic carbocycles. The van der Waals surface area contributed by atoms with Gasteiger partial charge in [0.1, 0.15) is 5.52 Å². The minimum absolute atomic E-state index is 0.124. The molecule has 0 radical (unpaired) electrons. The van der Waals surface area contributed by atoms with Crippen molar-refractivity contribution in [1.82, 2.24) is 19.9 Å². The van der Waals surface area contributed by atoms with Gasteiger partial charge in [-0.05, 0) is 24.3 Å². The van der Waals surface area contributed by atoms with Crippen LogP contribution in [0.2, 0.25) is 0 Å². The topological polar surface area (TPSA) is 89.7 Å². The van der Waals surface area contributed by atoms with Gasteiger partial charge in [-0.15, -0.1) is 0 Å². The van der Waals surface area contributed by atoms with Crippen molar-refractivity contribution in [2.75, 3.05) is 12.3 Å². The van der Waals surface area contributed by atoms with Crippen molar-refractivity contribution in [3.63, 3.8) is 0 Å². The number of alkyl halides is 1. The molecule has 0 bridgehead atoms. The van der Waals surface area contributed by atoms with Crippen LogP contribution < -0.4 is 5.73 Å². The van der Waals surface area contributed by atoms with Crippen LogP contribution in [0.5, 0.6) is 0 Å². The number of halogens is 1. The summed E-state index contributed by atoms with van der Waals surface area (Å²) in [6, 6.07) is 9.93. The van der Waals surface area contributed by atoms with Crippen molar-refractivity contribution in [2.24, 2.45) is 5.92 Å². The van der Waals surface area contributed by atoms with E-state index in [1.54, 1.807) is 0 Å². The molecule has 1 saturated carbocycles. The van der Waals surface area contributed by atoms with E-state index < -0.39 is 5.67 Å². The Kier molecular flexibility index (Phi) is 3.65. The fourth-order valence-electron chi connectivity index (χ4n) is 3.13. The van der Waals surface area contributed by atoms with Gasteiger partial charge in [0.15, 0.2) is 23.0 Å². The first-order valence-electron chi connectivity index (χ1n) is 7.92. The number of rotatable bonds is 5. The number of aromatic nitrogens is 4. The van der Waals surface area contributed by atoms with Crippen molar-refractivity contribution in [3.05, 3.63) is 48.0 Å². The first-order valence-corrected chi connectivity index (χ1v) is 7.92. The van der Waals surface area contributed by atoms with Crippen LogP contribution in [-0.2, 0) is 17.0 Å². The van der Waals surface area contributed by atoms with Crippen LogP contribution in [0.3, 0.4) is 0 Å². The number of aromatic amines is 1. The summed E-state index contributed by atoms with van der Waals surface area (Å²) in [6.45, 7) is 1.07. The van der Waals surface area contributed by atoms with Gasteiger partial charge in [0.05, 0.1) is 19.5 Å². The molecule has 0 unspecified atom stereocenters. The third-order valence-electron chi connectivity index (χ3n) is 4.40. The number of nitrogen functional groups attached to an aromatic ring is 1. The molecule has 0 saturated heterocycles. The van der Waals surface area contributed by atoms with E-state index in [4.69, 9.17) is 10.5 Å². The Balaban J connectivity index is 1.36. The van der Waals surface area contributed by atoms with Crippen molar-refractivity contribution >= 4 is 17.0 Å². The number of fused-ring (bicyclic) bond motifs is 1. The Hall–Kier alpha value is -2.54. The molecule has 0 aliphatic heterocycles. The van der Waals surface area contributed by atoms with E-state index in [9.17, 15) is 4.39 Å². The first kappa shape index (κ1) is 15.0. The van der Waals surface area contributed by atoms with E-state index in [0.29, 0.717) is 37.2 Å². The zero-order valence-corrected chi connectivity index (χ0v) is 13.1. The van der Waals surface area contributed by atoms with E-state index in [1.165, 1.54) is 6.33 Å². The highest BCUT2D eigenvalue weighted by atomic mass is 19.1. The molecule has 0 spiro atoms. The molecule has 1 aliphatic rings. The van der Waals surface area contributed by atoms with E-state index in [1.807, 2.05) is 30.3 Å². The first-order chi connectivity index (χ1) is 11.6. The van der Waals surface area contributed by atoms with Crippen LogP contribution in [-0.4, -0.2) is 26.5 Å². The normalized spacial score (nSPS) is 23.3. The predicted molar refractivity (Wildman–Crippen MR) is 87.7 cm³/mol. The van der Waals surface area contributed by atoms with E-state index in [2.05, 4.69) is 19.9 Å². The van der Waals surface area contributed by atoms with Crippen LogP contribution in [0.25, 0.3) is 11.2 Å². The SMILES string of the molecule is Nc1nc(C2(F)CC(COCc3ccccc3)C2)nc2nc[nH]c12. The highest BCUT2D eigenvalue weighted by Gasteiger charge is 2.49. The molecular weight excluding hydrogens is 309 g/mol. The van der Waals surface area contributed by atoms with Crippen LogP contribution in [0.4, 0.5) is 10.2 Å². The Bertz CT molecular complexity index is 845. The maximum Gasteiger partial charge on any atom is 0.183 e. The zero-order valence-electron chi connectivity index (χ0n) is 13.1. The molecule has 0 atom stereocenters. The smallest absolute Gasteiger partial charge is 0.183 e. The van der Waals surface area contributed by atoms with Gasteiger partial charge in [0.2, 0.25) is 0 Å². The molecule has 0 amide bonds. The number of benzene rings is 1. The lowest BCUT2D eigenvalue weighted by Gasteiger charge is -2.39. The Labute approximate surface area is 138 Å². The third kappa shape index (κ3) is 2.71. The standard InChI is InChI=1S/C17H18FN5O/c18-17(16-22-14(19)13-15(23-16)21-10-20-13)6-12(7-17)9-24-8-11-4-2-1-3-5-11/h1-5,10,12H,6-9H2,(H3,19,20,21,22,23). The number of nitrogens with one attached hydrogen (secondary N) is 1. The predicted octanol–water partition coefficient (Wildman–Crippen LogP) is 2.73. The molecule has 1 aromatic carbocycles. The fourth-order valence-corrected chi connectivity index (χ4v) is 3.13. The molecule has 124 valence electrons. The molecule has 2 aromatic heterocycles. The largest absolute Gasteiger partial charge is 0.382 e. The average molecular weight is 327 g/mol. The van der Waals surface area contributed by atoms with Crippen molar-refractivity contribution in [2.45, 2.75) is 25.1 Å². The molecular formula is C17H18FN5O. The van der Waals surface area contributed by atoms with Gasteiger partial charge in [0, 0.05) is 0 Å². The summed E-state index contributed by atoms with van der Waals surface area (Å²) in [6.07, 6.45) is 2.17. The number of anilines is 1. The number of imidazole rings is 1. The number of ether oxygens (including phenoxy) is 1. The number of hydrogen-bond acceptors (Lipinski definition) is 5. The van der Waals surface area contributed by atoms with Crippen molar-refractivity contribution in [3.8, 4) is 0 Å². The summed E-state index contributed by atoms with van der Waals surface area (Å²) in [5.41, 5.74) is 6.36. The van der Waals surface area contributed by atoms with Crippen LogP contribution in [0, 0.1) is 5.92 Å². The Morgan fingerprint density at radius 3 is 2.83 bits per heavy atom. The molecule has 3 N–H and O–H groups in total. The second kappa shape index (κ2) is 5.83. The summed E-state index contributed by atoms with van der Waals surface area (Å²) in [5, 5.41) is 0. The number of nitrogens with zero attached hydrogens (tertiary/aromatic N) is 3. The minimum atomic E-state index is -1.54. The van der Waals surface area contributed by atoms with Gasteiger partial charge in [-0.3, -0.25) is 0 Å². The summed E-state index contributed by atoms with van der Waals surface area (Å²) in [7, 11) is 0. The van der Waals surface area contributed by atoms with Gasteiger partial charge < -0.3 is 15.5 Å². The van der Waals surface area contributed by atoms with Crippen LogP contribution in [0.1, 0.15) is 24.2 Å².